The normalized spacial score (nSPS) is 15.5. The summed E-state index contributed by atoms with van der Waals surface area (Å²) in [5.41, 5.74) is 2.41. The van der Waals surface area contributed by atoms with Gasteiger partial charge in [-0.25, -0.2) is 0 Å². The predicted molar refractivity (Wildman–Crippen MR) is 127 cm³/mol. The lowest BCUT2D eigenvalue weighted by atomic mass is 9.91. The Morgan fingerprint density at radius 3 is 1.45 bits per heavy atom. The third-order valence-electron chi connectivity index (χ3n) is 5.31. The third kappa shape index (κ3) is 4.98. The highest BCUT2D eigenvalue weighted by molar-refractivity contribution is 6.16. The standard InChI is InChI=1S/C26H28O7/c1-28-18-12-22(30-3)20(23(13-18)31-4)10-16-8-7-9-17(26(16)27)11-21-24(32-5)14-19(29-2)15-25(21)33-6/h7-8,10-15H,9H2,1-6H3/b16-10+,17-11+. The fraction of sp³-hybridized carbons (Fsp3) is 0.269. The Morgan fingerprint density at radius 2 is 1.06 bits per heavy atom. The van der Waals surface area contributed by atoms with Crippen LogP contribution in [0.1, 0.15) is 17.5 Å². The number of ether oxygens (including phenoxy) is 6. The fourth-order valence-corrected chi connectivity index (χ4v) is 3.58. The van der Waals surface area contributed by atoms with E-state index in [9.17, 15) is 4.79 Å². The molecule has 0 atom stereocenters. The van der Waals surface area contributed by atoms with Crippen LogP contribution in [0.2, 0.25) is 0 Å². The Bertz CT molecular complexity index is 1080. The van der Waals surface area contributed by atoms with Crippen LogP contribution in [-0.4, -0.2) is 48.4 Å². The van der Waals surface area contributed by atoms with Crippen LogP contribution in [-0.2, 0) is 4.79 Å². The molecular weight excluding hydrogens is 424 g/mol. The number of hydrogen-bond donors (Lipinski definition) is 0. The van der Waals surface area contributed by atoms with Crippen LogP contribution in [0.3, 0.4) is 0 Å². The van der Waals surface area contributed by atoms with Crippen molar-refractivity contribution in [3.05, 3.63) is 58.7 Å². The quantitative estimate of drug-likeness (QED) is 0.536. The average molecular weight is 453 g/mol. The zero-order valence-electron chi connectivity index (χ0n) is 19.7. The molecule has 7 heteroatoms. The van der Waals surface area contributed by atoms with Crippen molar-refractivity contribution < 1.29 is 33.2 Å². The van der Waals surface area contributed by atoms with Crippen LogP contribution in [0, 0.1) is 0 Å². The molecule has 2 aromatic rings. The maximum absolute atomic E-state index is 13.4. The van der Waals surface area contributed by atoms with E-state index in [0.717, 1.165) is 0 Å². The van der Waals surface area contributed by atoms with Crippen LogP contribution < -0.4 is 28.4 Å². The van der Waals surface area contributed by atoms with E-state index in [0.29, 0.717) is 63.2 Å². The smallest absolute Gasteiger partial charge is 0.189 e. The van der Waals surface area contributed by atoms with Gasteiger partial charge in [-0.05, 0) is 18.6 Å². The van der Waals surface area contributed by atoms with Gasteiger partial charge in [0.15, 0.2) is 5.78 Å². The van der Waals surface area contributed by atoms with E-state index < -0.39 is 0 Å². The highest BCUT2D eigenvalue weighted by Gasteiger charge is 2.21. The summed E-state index contributed by atoms with van der Waals surface area (Å²) in [6.45, 7) is 0. The van der Waals surface area contributed by atoms with E-state index in [-0.39, 0.29) is 5.78 Å². The van der Waals surface area contributed by atoms with Crippen molar-refractivity contribution in [3.8, 4) is 34.5 Å². The molecule has 0 fully saturated rings. The molecule has 0 bridgehead atoms. The summed E-state index contributed by atoms with van der Waals surface area (Å²) in [4.78, 5) is 13.4. The monoisotopic (exact) mass is 452 g/mol. The van der Waals surface area contributed by atoms with Crippen LogP contribution >= 0.6 is 0 Å². The van der Waals surface area contributed by atoms with Gasteiger partial charge in [0, 0.05) is 35.4 Å². The van der Waals surface area contributed by atoms with Crippen LogP contribution in [0.25, 0.3) is 12.2 Å². The molecule has 0 spiro atoms. The first-order valence-corrected chi connectivity index (χ1v) is 10.2. The van der Waals surface area contributed by atoms with Crippen molar-refractivity contribution in [2.45, 2.75) is 6.42 Å². The van der Waals surface area contributed by atoms with Crippen LogP contribution in [0.4, 0.5) is 0 Å². The van der Waals surface area contributed by atoms with Crippen LogP contribution in [0.5, 0.6) is 34.5 Å². The third-order valence-corrected chi connectivity index (χ3v) is 5.31. The number of allylic oxidation sites excluding steroid dienone is 4. The zero-order chi connectivity index (χ0) is 24.0. The number of ketones is 1. The van der Waals surface area contributed by atoms with Gasteiger partial charge in [-0.15, -0.1) is 0 Å². The zero-order valence-corrected chi connectivity index (χ0v) is 19.7. The van der Waals surface area contributed by atoms with Gasteiger partial charge < -0.3 is 28.4 Å². The summed E-state index contributed by atoms with van der Waals surface area (Å²) >= 11 is 0. The topological polar surface area (TPSA) is 72.5 Å². The predicted octanol–water partition coefficient (Wildman–Crippen LogP) is 4.73. The lowest BCUT2D eigenvalue weighted by molar-refractivity contribution is -0.112. The van der Waals surface area contributed by atoms with Gasteiger partial charge in [-0.3, -0.25) is 4.79 Å². The average Bonchev–Trinajstić information content (AvgIpc) is 2.85. The van der Waals surface area contributed by atoms with Gasteiger partial charge in [0.05, 0.1) is 53.8 Å². The molecule has 0 heterocycles. The molecule has 0 radical (unpaired) electrons. The second-order valence-corrected chi connectivity index (χ2v) is 7.10. The first-order chi connectivity index (χ1) is 16.0. The second-order valence-electron chi connectivity index (χ2n) is 7.10. The van der Waals surface area contributed by atoms with E-state index in [2.05, 4.69) is 0 Å². The van der Waals surface area contributed by atoms with Gasteiger partial charge in [-0.2, -0.15) is 0 Å². The molecule has 0 unspecified atom stereocenters. The maximum atomic E-state index is 13.4. The number of Topliss-reactive ketones (excluding diaryl/α,β-unsaturated/α-hetero) is 1. The highest BCUT2D eigenvalue weighted by atomic mass is 16.5. The molecule has 33 heavy (non-hydrogen) atoms. The Balaban J connectivity index is 2.08. The summed E-state index contributed by atoms with van der Waals surface area (Å²) < 4.78 is 32.7. The Labute approximate surface area is 193 Å². The summed E-state index contributed by atoms with van der Waals surface area (Å²) in [7, 11) is 9.38. The largest absolute Gasteiger partial charge is 0.496 e. The molecule has 2 aromatic carbocycles. The number of carbonyl (C=O) groups excluding carboxylic acids is 1. The second kappa shape index (κ2) is 10.6. The highest BCUT2D eigenvalue weighted by Crippen LogP contribution is 2.39. The molecule has 0 amide bonds. The van der Waals surface area contributed by atoms with Crippen molar-refractivity contribution in [1.82, 2.24) is 0 Å². The summed E-state index contributed by atoms with van der Waals surface area (Å²) in [6.07, 6.45) is 7.76. The molecule has 0 saturated carbocycles. The number of methoxy groups -OCH3 is 6. The molecule has 1 aliphatic carbocycles. The van der Waals surface area contributed by atoms with E-state index in [1.54, 1.807) is 85.2 Å². The van der Waals surface area contributed by atoms with Crippen molar-refractivity contribution >= 4 is 17.9 Å². The maximum Gasteiger partial charge on any atom is 0.189 e. The minimum Gasteiger partial charge on any atom is -0.496 e. The van der Waals surface area contributed by atoms with Crippen molar-refractivity contribution in [1.29, 1.82) is 0 Å². The molecule has 0 aromatic heterocycles. The molecule has 1 aliphatic rings. The Morgan fingerprint density at radius 1 is 0.636 bits per heavy atom. The fourth-order valence-electron chi connectivity index (χ4n) is 3.58. The minimum atomic E-state index is -0.114. The van der Waals surface area contributed by atoms with Gasteiger partial charge >= 0.3 is 0 Å². The molecule has 7 nitrogen and oxygen atoms in total. The van der Waals surface area contributed by atoms with E-state index in [4.69, 9.17) is 28.4 Å². The van der Waals surface area contributed by atoms with Gasteiger partial charge in [0.2, 0.25) is 0 Å². The first-order valence-electron chi connectivity index (χ1n) is 10.2. The number of benzene rings is 2. The van der Waals surface area contributed by atoms with Gasteiger partial charge in [0.25, 0.3) is 0 Å². The van der Waals surface area contributed by atoms with Gasteiger partial charge in [0.1, 0.15) is 34.5 Å². The summed E-state index contributed by atoms with van der Waals surface area (Å²) in [5.74, 6) is 3.24. The summed E-state index contributed by atoms with van der Waals surface area (Å²) in [6, 6.07) is 7.00. The lowest BCUT2D eigenvalue weighted by Gasteiger charge is -2.17. The lowest BCUT2D eigenvalue weighted by Crippen LogP contribution is -2.09. The minimum absolute atomic E-state index is 0.114. The number of rotatable bonds is 8. The number of carbonyl (C=O) groups is 1. The Hall–Kier alpha value is -3.87. The first kappa shape index (κ1) is 23.8. The van der Waals surface area contributed by atoms with Gasteiger partial charge in [-0.1, -0.05) is 12.2 Å². The molecule has 174 valence electrons. The van der Waals surface area contributed by atoms with Crippen LogP contribution in [0.15, 0.2) is 47.6 Å². The van der Waals surface area contributed by atoms with Crippen molar-refractivity contribution in [2.75, 3.05) is 42.7 Å². The molecule has 0 aliphatic heterocycles. The molecule has 0 saturated heterocycles. The molecule has 0 N–H and O–H groups in total. The van der Waals surface area contributed by atoms with Crippen molar-refractivity contribution in [3.63, 3.8) is 0 Å². The molecule has 3 rings (SSSR count). The summed E-state index contributed by atoms with van der Waals surface area (Å²) in [5, 5.41) is 0. The molecular formula is C26H28O7. The SMILES string of the molecule is COc1cc(OC)c(/C=C2\C=CC/C(=C\c3c(OC)cc(OC)cc3OC)C2=O)c(OC)c1. The Kier molecular flexibility index (Phi) is 7.66. The van der Waals surface area contributed by atoms with E-state index in [1.807, 2.05) is 6.08 Å². The van der Waals surface area contributed by atoms with E-state index >= 15 is 0 Å². The van der Waals surface area contributed by atoms with Crippen molar-refractivity contribution in [2.24, 2.45) is 0 Å². The number of hydrogen-bond acceptors (Lipinski definition) is 7. The van der Waals surface area contributed by atoms with E-state index in [1.165, 1.54) is 0 Å².